The second-order valence-electron chi connectivity index (χ2n) is 6.15. The van der Waals surface area contributed by atoms with Crippen molar-refractivity contribution in [3.63, 3.8) is 0 Å². The smallest absolute Gasteiger partial charge is 0.241 e. The van der Waals surface area contributed by atoms with Crippen molar-refractivity contribution in [2.24, 2.45) is 0 Å². The average molecular weight is 375 g/mol. The van der Waals surface area contributed by atoms with E-state index in [2.05, 4.69) is 37.5 Å². The Bertz CT molecular complexity index is 795. The van der Waals surface area contributed by atoms with Crippen LogP contribution in [0.2, 0.25) is 5.02 Å². The summed E-state index contributed by atoms with van der Waals surface area (Å²) >= 11 is 7.74. The van der Waals surface area contributed by atoms with Gasteiger partial charge in [0.15, 0.2) is 0 Å². The number of halogens is 1. The molecule has 3 aromatic rings. The summed E-state index contributed by atoms with van der Waals surface area (Å²) < 4.78 is 5.42. The second-order valence-corrected chi connectivity index (χ2v) is 7.62. The van der Waals surface area contributed by atoms with Gasteiger partial charge in [-0.2, -0.15) is 4.98 Å². The number of thiophene rings is 1. The maximum atomic E-state index is 5.92. The summed E-state index contributed by atoms with van der Waals surface area (Å²) in [4.78, 5) is 10.8. The zero-order valence-corrected chi connectivity index (χ0v) is 15.3. The van der Waals surface area contributed by atoms with Crippen molar-refractivity contribution in [3.8, 4) is 11.4 Å². The van der Waals surface area contributed by atoms with Gasteiger partial charge in [0.1, 0.15) is 0 Å². The van der Waals surface area contributed by atoms with Crippen molar-refractivity contribution in [3.05, 3.63) is 57.6 Å². The Balaban J connectivity index is 1.31. The van der Waals surface area contributed by atoms with Crippen LogP contribution >= 0.6 is 22.9 Å². The minimum Gasteiger partial charge on any atom is -0.338 e. The quantitative estimate of drug-likeness (QED) is 0.680. The lowest BCUT2D eigenvalue weighted by Crippen LogP contribution is -2.45. The third-order valence-electron chi connectivity index (χ3n) is 4.35. The first-order valence-corrected chi connectivity index (χ1v) is 9.58. The zero-order valence-electron chi connectivity index (χ0n) is 13.8. The largest absolute Gasteiger partial charge is 0.338 e. The zero-order chi connectivity index (χ0) is 17.1. The highest BCUT2D eigenvalue weighted by molar-refractivity contribution is 7.09. The van der Waals surface area contributed by atoms with Crippen LogP contribution < -0.4 is 0 Å². The van der Waals surface area contributed by atoms with E-state index in [1.54, 1.807) is 0 Å². The lowest BCUT2D eigenvalue weighted by Gasteiger charge is -2.33. The fourth-order valence-corrected chi connectivity index (χ4v) is 3.83. The van der Waals surface area contributed by atoms with E-state index in [1.165, 1.54) is 4.88 Å². The summed E-state index contributed by atoms with van der Waals surface area (Å²) in [6.45, 7) is 5.92. The van der Waals surface area contributed by atoms with Crippen LogP contribution in [0, 0.1) is 0 Å². The molecule has 0 bridgehead atoms. The van der Waals surface area contributed by atoms with Crippen molar-refractivity contribution in [1.82, 2.24) is 19.9 Å². The van der Waals surface area contributed by atoms with Gasteiger partial charge in [-0.15, -0.1) is 11.3 Å². The van der Waals surface area contributed by atoms with Crippen LogP contribution in [0.4, 0.5) is 0 Å². The molecule has 1 aromatic carbocycles. The molecule has 0 atom stereocenters. The Morgan fingerprint density at radius 2 is 1.72 bits per heavy atom. The van der Waals surface area contributed by atoms with E-state index in [0.29, 0.717) is 23.3 Å². The third-order valence-corrected chi connectivity index (χ3v) is 5.47. The van der Waals surface area contributed by atoms with Crippen molar-refractivity contribution < 1.29 is 4.52 Å². The van der Waals surface area contributed by atoms with Gasteiger partial charge in [0.05, 0.1) is 6.54 Å². The van der Waals surface area contributed by atoms with Crippen LogP contribution in [-0.4, -0.2) is 46.1 Å². The molecule has 0 saturated carbocycles. The summed E-state index contributed by atoms with van der Waals surface area (Å²) in [5.74, 6) is 1.28. The van der Waals surface area contributed by atoms with E-state index in [9.17, 15) is 0 Å². The molecule has 3 heterocycles. The van der Waals surface area contributed by atoms with Crippen LogP contribution in [0.25, 0.3) is 11.4 Å². The van der Waals surface area contributed by atoms with Gasteiger partial charge in [-0.1, -0.05) is 22.8 Å². The van der Waals surface area contributed by atoms with Gasteiger partial charge in [-0.25, -0.2) is 0 Å². The van der Waals surface area contributed by atoms with E-state index < -0.39 is 0 Å². The number of aromatic nitrogens is 2. The standard InChI is InChI=1S/C18H19ClN4OS/c19-15-5-3-14(4-6-15)18-20-17(24-21-18)13-23-9-7-22(8-10-23)12-16-2-1-11-25-16/h1-6,11H,7-10,12-13H2. The predicted molar refractivity (Wildman–Crippen MR) is 99.6 cm³/mol. The molecule has 0 spiro atoms. The van der Waals surface area contributed by atoms with E-state index in [0.717, 1.165) is 38.3 Å². The predicted octanol–water partition coefficient (Wildman–Crippen LogP) is 3.77. The van der Waals surface area contributed by atoms with Gasteiger partial charge in [-0.3, -0.25) is 9.80 Å². The van der Waals surface area contributed by atoms with Gasteiger partial charge in [0.25, 0.3) is 0 Å². The first-order chi connectivity index (χ1) is 12.3. The van der Waals surface area contributed by atoms with Crippen molar-refractivity contribution in [2.45, 2.75) is 13.1 Å². The van der Waals surface area contributed by atoms with Gasteiger partial charge < -0.3 is 4.52 Å². The maximum Gasteiger partial charge on any atom is 0.241 e. The molecule has 4 rings (SSSR count). The van der Waals surface area contributed by atoms with Crippen molar-refractivity contribution in [1.29, 1.82) is 0 Å². The molecule has 1 fully saturated rings. The van der Waals surface area contributed by atoms with Crippen molar-refractivity contribution in [2.75, 3.05) is 26.2 Å². The molecule has 25 heavy (non-hydrogen) atoms. The Morgan fingerprint density at radius 3 is 2.40 bits per heavy atom. The first kappa shape index (κ1) is 16.7. The van der Waals surface area contributed by atoms with Gasteiger partial charge in [0, 0.05) is 48.2 Å². The normalized spacial score (nSPS) is 16.4. The summed E-state index contributed by atoms with van der Waals surface area (Å²) in [5, 5.41) is 6.92. The summed E-state index contributed by atoms with van der Waals surface area (Å²) in [5.41, 5.74) is 0.917. The Kier molecular flexibility index (Phi) is 5.12. The lowest BCUT2D eigenvalue weighted by atomic mass is 10.2. The van der Waals surface area contributed by atoms with E-state index in [-0.39, 0.29) is 0 Å². The fourth-order valence-electron chi connectivity index (χ4n) is 2.96. The highest BCUT2D eigenvalue weighted by atomic mass is 35.5. The molecule has 0 amide bonds. The molecule has 0 aliphatic carbocycles. The summed E-state index contributed by atoms with van der Waals surface area (Å²) in [6.07, 6.45) is 0. The average Bonchev–Trinajstić information content (AvgIpc) is 3.29. The summed E-state index contributed by atoms with van der Waals surface area (Å²) in [7, 11) is 0. The molecule has 1 aliphatic heterocycles. The van der Waals surface area contributed by atoms with Gasteiger partial charge in [0.2, 0.25) is 11.7 Å². The molecule has 0 N–H and O–H groups in total. The topological polar surface area (TPSA) is 45.4 Å². The fraction of sp³-hybridized carbons (Fsp3) is 0.333. The van der Waals surface area contributed by atoms with E-state index >= 15 is 0 Å². The number of hydrogen-bond acceptors (Lipinski definition) is 6. The van der Waals surface area contributed by atoms with Crippen molar-refractivity contribution >= 4 is 22.9 Å². The first-order valence-electron chi connectivity index (χ1n) is 8.32. The molecule has 130 valence electrons. The molecule has 7 heteroatoms. The highest BCUT2D eigenvalue weighted by Crippen LogP contribution is 2.19. The lowest BCUT2D eigenvalue weighted by molar-refractivity contribution is 0.113. The minimum absolute atomic E-state index is 0.614. The molecule has 0 unspecified atom stereocenters. The molecule has 2 aromatic heterocycles. The number of hydrogen-bond donors (Lipinski definition) is 0. The summed E-state index contributed by atoms with van der Waals surface area (Å²) in [6, 6.07) is 11.8. The SMILES string of the molecule is Clc1ccc(-c2noc(CN3CCN(Cc4cccs4)CC3)n2)cc1. The number of rotatable bonds is 5. The number of piperazine rings is 1. The molecule has 5 nitrogen and oxygen atoms in total. The van der Waals surface area contributed by atoms with Crippen LogP contribution in [0.1, 0.15) is 10.8 Å². The van der Waals surface area contributed by atoms with Gasteiger partial charge >= 0.3 is 0 Å². The number of benzene rings is 1. The minimum atomic E-state index is 0.614. The van der Waals surface area contributed by atoms with E-state index in [4.69, 9.17) is 16.1 Å². The molecule has 0 radical (unpaired) electrons. The van der Waals surface area contributed by atoms with Crippen LogP contribution in [-0.2, 0) is 13.1 Å². The van der Waals surface area contributed by atoms with Crippen LogP contribution in [0.5, 0.6) is 0 Å². The van der Waals surface area contributed by atoms with E-state index in [1.807, 2.05) is 35.6 Å². The maximum absolute atomic E-state index is 5.92. The Hall–Kier alpha value is -1.73. The Morgan fingerprint density at radius 1 is 1.00 bits per heavy atom. The molecular weight excluding hydrogens is 356 g/mol. The monoisotopic (exact) mass is 374 g/mol. The van der Waals surface area contributed by atoms with Crippen LogP contribution in [0.3, 0.4) is 0 Å². The third kappa shape index (κ3) is 4.27. The highest BCUT2D eigenvalue weighted by Gasteiger charge is 2.19. The molecular formula is C18H19ClN4OS. The van der Waals surface area contributed by atoms with Gasteiger partial charge in [-0.05, 0) is 35.7 Å². The van der Waals surface area contributed by atoms with Crippen LogP contribution in [0.15, 0.2) is 46.3 Å². The second kappa shape index (κ2) is 7.66. The Labute approximate surface area is 155 Å². The molecule has 1 saturated heterocycles. The number of nitrogens with zero attached hydrogens (tertiary/aromatic N) is 4. The molecule has 1 aliphatic rings.